The molecule has 2 heterocycles. The van der Waals surface area contributed by atoms with Crippen molar-refractivity contribution in [3.05, 3.63) is 88.4 Å². The molecule has 2 N–H and O–H groups in total. The molecular weight excluding hydrogens is 418 g/mol. The van der Waals surface area contributed by atoms with Crippen molar-refractivity contribution in [3.63, 3.8) is 0 Å². The Kier molecular flexibility index (Phi) is 5.05. The quantitative estimate of drug-likeness (QED) is 0.560. The van der Waals surface area contributed by atoms with Crippen LogP contribution in [0.15, 0.2) is 71.7 Å². The number of nitrogens with zero attached hydrogens (tertiary/aromatic N) is 3. The van der Waals surface area contributed by atoms with Crippen LogP contribution >= 0.6 is 0 Å². The summed E-state index contributed by atoms with van der Waals surface area (Å²) in [6.07, 6.45) is 5.76. The fraction of sp³-hybridized carbons (Fsp3) is 0.200. The Morgan fingerprint density at radius 3 is 2.61 bits per heavy atom. The van der Waals surface area contributed by atoms with Gasteiger partial charge in [-0.25, -0.2) is 9.48 Å². The molecule has 5 rings (SSSR count). The lowest BCUT2D eigenvalue weighted by Gasteiger charge is -2.17. The summed E-state index contributed by atoms with van der Waals surface area (Å²) in [7, 11) is 0. The average Bonchev–Trinajstić information content (AvgIpc) is 3.48. The maximum Gasteiger partial charge on any atom is 0.415 e. The van der Waals surface area contributed by atoms with E-state index in [1.165, 1.54) is 12.1 Å². The van der Waals surface area contributed by atoms with Crippen LogP contribution in [0.25, 0.3) is 11.4 Å². The first-order chi connectivity index (χ1) is 16.0. The fourth-order valence-corrected chi connectivity index (χ4v) is 3.95. The predicted molar refractivity (Wildman–Crippen MR) is 127 cm³/mol. The highest BCUT2D eigenvalue weighted by Gasteiger charge is 2.54. The summed E-state index contributed by atoms with van der Waals surface area (Å²) in [6.45, 7) is 2.51. The van der Waals surface area contributed by atoms with Crippen molar-refractivity contribution in [2.24, 2.45) is 0 Å². The Bertz CT molecular complexity index is 1330. The Hall–Kier alpha value is -4.20. The summed E-state index contributed by atoms with van der Waals surface area (Å²) >= 11 is 0. The van der Waals surface area contributed by atoms with E-state index in [4.69, 9.17) is 10.1 Å². The van der Waals surface area contributed by atoms with Crippen molar-refractivity contribution in [2.45, 2.75) is 25.4 Å². The topological polar surface area (TPSA) is 100 Å². The van der Waals surface area contributed by atoms with Gasteiger partial charge in [0.2, 0.25) is 5.43 Å². The molecule has 1 aliphatic carbocycles. The van der Waals surface area contributed by atoms with Gasteiger partial charge in [0.05, 0.1) is 17.9 Å². The highest BCUT2D eigenvalue weighted by atomic mass is 16.6. The van der Waals surface area contributed by atoms with Gasteiger partial charge in [0.25, 0.3) is 0 Å². The molecule has 0 radical (unpaired) electrons. The van der Waals surface area contributed by atoms with Crippen LogP contribution in [0.3, 0.4) is 0 Å². The van der Waals surface area contributed by atoms with Crippen molar-refractivity contribution in [3.8, 4) is 5.69 Å². The van der Waals surface area contributed by atoms with Crippen molar-refractivity contribution in [1.29, 1.82) is 5.41 Å². The molecule has 2 fully saturated rings. The molecule has 1 saturated carbocycles. The number of aryl methyl sites for hydroxylation is 1. The van der Waals surface area contributed by atoms with Crippen molar-refractivity contribution in [2.75, 3.05) is 16.8 Å². The number of benzene rings is 2. The highest BCUT2D eigenvalue weighted by molar-refractivity contribution is 5.91. The normalized spacial score (nSPS) is 16.6. The molecule has 1 aromatic heterocycles. The fourth-order valence-electron chi connectivity index (χ4n) is 3.95. The number of carbonyl (C=O) groups excluding carboxylic acids is 1. The maximum atomic E-state index is 12.6. The number of allylic oxidation sites excluding steroid dienone is 1. The van der Waals surface area contributed by atoms with Crippen LogP contribution in [0.4, 0.5) is 16.2 Å². The number of carbonyl (C=O) groups is 1. The van der Waals surface area contributed by atoms with Crippen molar-refractivity contribution >= 4 is 29.4 Å². The molecule has 1 aliphatic heterocycles. The first-order valence-electron chi connectivity index (χ1n) is 10.7. The van der Waals surface area contributed by atoms with Crippen molar-refractivity contribution in [1.82, 2.24) is 9.78 Å². The zero-order valence-corrected chi connectivity index (χ0v) is 18.1. The van der Waals surface area contributed by atoms with Gasteiger partial charge < -0.3 is 15.5 Å². The number of para-hydroxylation sites is 1. The van der Waals surface area contributed by atoms with Gasteiger partial charge in [-0.3, -0.25) is 9.69 Å². The zero-order valence-electron chi connectivity index (χ0n) is 18.1. The summed E-state index contributed by atoms with van der Waals surface area (Å²) < 4.78 is 7.14. The Morgan fingerprint density at radius 1 is 1.15 bits per heavy atom. The van der Waals surface area contributed by atoms with E-state index in [1.54, 1.807) is 15.8 Å². The minimum Gasteiger partial charge on any atom is -0.441 e. The van der Waals surface area contributed by atoms with Crippen LogP contribution in [0.5, 0.6) is 0 Å². The summed E-state index contributed by atoms with van der Waals surface area (Å²) in [4.78, 5) is 26.6. The Labute approximate surface area is 190 Å². The molecule has 1 saturated heterocycles. The minimum absolute atomic E-state index is 0.201. The lowest BCUT2D eigenvalue weighted by molar-refractivity contribution is 0.129. The summed E-state index contributed by atoms with van der Waals surface area (Å²) in [6, 6.07) is 16.5. The van der Waals surface area contributed by atoms with E-state index >= 15 is 0 Å². The molecular formula is C25H23N5O3. The number of nitrogens with one attached hydrogen (secondary N) is 2. The molecule has 8 nitrogen and oxygen atoms in total. The molecule has 0 atom stereocenters. The molecule has 3 aromatic rings. The number of amides is 1. The molecule has 166 valence electrons. The first-order valence-corrected chi connectivity index (χ1v) is 10.7. The molecule has 2 aliphatic rings. The second kappa shape index (κ2) is 8.05. The second-order valence-corrected chi connectivity index (χ2v) is 8.32. The van der Waals surface area contributed by atoms with Gasteiger partial charge >= 0.3 is 6.09 Å². The van der Waals surface area contributed by atoms with E-state index in [9.17, 15) is 9.59 Å². The number of aromatic nitrogens is 2. The van der Waals surface area contributed by atoms with E-state index in [-0.39, 0.29) is 22.8 Å². The molecule has 0 unspecified atom stereocenters. The molecule has 1 amide bonds. The molecule has 33 heavy (non-hydrogen) atoms. The van der Waals surface area contributed by atoms with Crippen molar-refractivity contribution < 1.29 is 9.53 Å². The number of hydrogen-bond acceptors (Lipinski definition) is 6. The van der Waals surface area contributed by atoms with E-state index in [1.807, 2.05) is 55.5 Å². The molecule has 2 aromatic carbocycles. The smallest absolute Gasteiger partial charge is 0.415 e. The van der Waals surface area contributed by atoms with Gasteiger partial charge in [0.1, 0.15) is 5.60 Å². The number of ether oxygens (including phenoxy) is 1. The number of anilines is 2. The van der Waals surface area contributed by atoms with Gasteiger partial charge in [-0.05, 0) is 61.7 Å². The summed E-state index contributed by atoms with van der Waals surface area (Å²) in [5.74, 6) is 0. The van der Waals surface area contributed by atoms with Gasteiger partial charge in [0, 0.05) is 29.9 Å². The SMILES string of the molecule is Cc1cc(N2CC3(CC3)OC2=O)ccc1-n1ccc(=O)c(/C(=C/C=N)Nc2ccccc2)n1. The van der Waals surface area contributed by atoms with Crippen LogP contribution in [-0.2, 0) is 4.74 Å². The second-order valence-electron chi connectivity index (χ2n) is 8.32. The largest absolute Gasteiger partial charge is 0.441 e. The third-order valence-electron chi connectivity index (χ3n) is 5.88. The van der Waals surface area contributed by atoms with Gasteiger partial charge in [-0.1, -0.05) is 18.2 Å². The Balaban J connectivity index is 1.47. The lowest BCUT2D eigenvalue weighted by Crippen LogP contribution is -2.25. The maximum absolute atomic E-state index is 12.6. The summed E-state index contributed by atoms with van der Waals surface area (Å²) in [5, 5.41) is 15.2. The molecule has 1 spiro atoms. The lowest BCUT2D eigenvalue weighted by atomic mass is 10.1. The van der Waals surface area contributed by atoms with E-state index in [0.29, 0.717) is 12.2 Å². The summed E-state index contributed by atoms with van der Waals surface area (Å²) in [5.41, 5.74) is 3.32. The molecule has 0 bridgehead atoms. The zero-order chi connectivity index (χ0) is 23.0. The Morgan fingerprint density at radius 2 is 1.94 bits per heavy atom. The third kappa shape index (κ3) is 4.03. The van der Waals surface area contributed by atoms with Crippen LogP contribution in [0.1, 0.15) is 24.1 Å². The van der Waals surface area contributed by atoms with E-state index in [2.05, 4.69) is 10.4 Å². The third-order valence-corrected chi connectivity index (χ3v) is 5.88. The monoisotopic (exact) mass is 441 g/mol. The number of hydrogen-bond donors (Lipinski definition) is 2. The molecule has 8 heteroatoms. The van der Waals surface area contributed by atoms with Gasteiger partial charge in [0.15, 0.2) is 5.69 Å². The van der Waals surface area contributed by atoms with Crippen LogP contribution in [0.2, 0.25) is 0 Å². The van der Waals surface area contributed by atoms with Crippen LogP contribution in [0, 0.1) is 12.3 Å². The minimum atomic E-state index is -0.308. The standard InChI is InChI=1S/C25H23N5O3/c1-17-15-19(29-16-25(11-12-25)33-24(29)32)7-8-21(17)30-14-10-22(31)23(28-30)20(9-13-26)27-18-5-3-2-4-6-18/h2-10,13-15,26-27H,11-12,16H2,1H3/b20-9-,26-13?. The van der Waals surface area contributed by atoms with E-state index in [0.717, 1.165) is 41.7 Å². The van der Waals surface area contributed by atoms with Crippen LogP contribution in [-0.4, -0.2) is 34.2 Å². The number of rotatable bonds is 6. The average molecular weight is 441 g/mol. The first kappa shape index (κ1) is 20.7. The van der Waals surface area contributed by atoms with Gasteiger partial charge in [-0.15, -0.1) is 0 Å². The van der Waals surface area contributed by atoms with E-state index < -0.39 is 0 Å². The highest BCUT2D eigenvalue weighted by Crippen LogP contribution is 2.45. The predicted octanol–water partition coefficient (Wildman–Crippen LogP) is 4.13. The van der Waals surface area contributed by atoms with Crippen LogP contribution < -0.4 is 15.6 Å². The van der Waals surface area contributed by atoms with Gasteiger partial charge in [-0.2, -0.15) is 5.10 Å².